The van der Waals surface area contributed by atoms with Crippen molar-refractivity contribution in [3.8, 4) is 11.8 Å². The van der Waals surface area contributed by atoms with Crippen LogP contribution in [0.3, 0.4) is 0 Å². The molecule has 29 heavy (non-hydrogen) atoms. The van der Waals surface area contributed by atoms with Crippen LogP contribution in [0, 0.1) is 24.7 Å². The Hall–Kier alpha value is -2.64. The smallest absolute Gasteiger partial charge is 0.379 e. The maximum absolute atomic E-state index is 12.5. The van der Waals surface area contributed by atoms with Gasteiger partial charge in [0.1, 0.15) is 10.6 Å². The van der Waals surface area contributed by atoms with Crippen molar-refractivity contribution in [2.75, 3.05) is 25.1 Å². The van der Waals surface area contributed by atoms with Crippen molar-refractivity contribution < 1.29 is 22.7 Å². The first-order valence-corrected chi connectivity index (χ1v) is 9.78. The van der Waals surface area contributed by atoms with E-state index in [4.69, 9.17) is 4.74 Å². The van der Waals surface area contributed by atoms with Crippen molar-refractivity contribution in [1.82, 2.24) is 15.3 Å². The molecule has 0 bridgehead atoms. The van der Waals surface area contributed by atoms with Crippen LogP contribution < -0.4 is 10.6 Å². The van der Waals surface area contributed by atoms with Crippen molar-refractivity contribution in [3.05, 3.63) is 40.2 Å². The number of hydrogen-bond acceptors (Lipinski definition) is 5. The first-order chi connectivity index (χ1) is 13.8. The predicted octanol–water partition coefficient (Wildman–Crippen LogP) is 3.81. The zero-order valence-electron chi connectivity index (χ0n) is 15.6. The Bertz CT molecular complexity index is 912. The van der Waals surface area contributed by atoms with E-state index in [-0.39, 0.29) is 6.03 Å². The zero-order chi connectivity index (χ0) is 20.9. The lowest BCUT2D eigenvalue weighted by atomic mass is 10.2. The van der Waals surface area contributed by atoms with E-state index in [0.717, 1.165) is 18.9 Å². The number of nitrogens with one attached hydrogen (secondary N) is 2. The van der Waals surface area contributed by atoms with Crippen molar-refractivity contribution >= 4 is 22.5 Å². The van der Waals surface area contributed by atoms with Gasteiger partial charge in [-0.25, -0.2) is 9.78 Å². The molecule has 6 nitrogen and oxygen atoms in total. The number of ether oxygens (including phenoxy) is 1. The molecule has 0 spiro atoms. The predicted molar refractivity (Wildman–Crippen MR) is 103 cm³/mol. The van der Waals surface area contributed by atoms with Crippen LogP contribution in [0.1, 0.15) is 34.7 Å². The number of anilines is 1. The number of carbonyl (C=O) groups is 1. The minimum atomic E-state index is -4.48. The molecule has 10 heteroatoms. The molecule has 0 aromatic carbocycles. The van der Waals surface area contributed by atoms with Crippen molar-refractivity contribution in [2.45, 2.75) is 25.9 Å². The molecule has 0 saturated heterocycles. The average Bonchev–Trinajstić information content (AvgIpc) is 3.42. The maximum atomic E-state index is 12.5. The van der Waals surface area contributed by atoms with E-state index >= 15 is 0 Å². The van der Waals surface area contributed by atoms with Crippen molar-refractivity contribution in [1.29, 1.82) is 0 Å². The second-order valence-electron chi connectivity index (χ2n) is 6.51. The maximum Gasteiger partial charge on any atom is 0.433 e. The Morgan fingerprint density at radius 1 is 1.34 bits per heavy atom. The molecule has 0 atom stereocenters. The summed E-state index contributed by atoms with van der Waals surface area (Å²) in [6.07, 6.45) is -0.968. The van der Waals surface area contributed by atoms with Crippen LogP contribution in [0.5, 0.6) is 0 Å². The Morgan fingerprint density at radius 3 is 2.79 bits per heavy atom. The standard InChI is InChI=1S/C19H19F3N4O2S/c1-12-15(6-4-13-5-7-16(24-10-13)19(20,21)22)29-18(25-12)26-17(27)23-8-9-28-11-14-2-3-14/h5,7,10,14H,2-3,8-9,11H2,1H3,(H2,23,25,26,27). The molecule has 154 valence electrons. The van der Waals surface area contributed by atoms with Crippen LogP contribution in [0.15, 0.2) is 18.3 Å². The van der Waals surface area contributed by atoms with Crippen LogP contribution in [0.2, 0.25) is 0 Å². The first kappa shape index (κ1) is 21.1. The fourth-order valence-electron chi connectivity index (χ4n) is 2.24. The molecule has 2 N–H and O–H groups in total. The number of aryl methyl sites for hydroxylation is 1. The van der Waals surface area contributed by atoms with Crippen LogP contribution in [-0.2, 0) is 10.9 Å². The van der Waals surface area contributed by atoms with Gasteiger partial charge in [0.25, 0.3) is 0 Å². The van der Waals surface area contributed by atoms with Gasteiger partial charge in [0.15, 0.2) is 5.13 Å². The van der Waals surface area contributed by atoms with Gasteiger partial charge in [-0.3, -0.25) is 10.3 Å². The van der Waals surface area contributed by atoms with Crippen LogP contribution in [0.25, 0.3) is 0 Å². The van der Waals surface area contributed by atoms with Crippen LogP contribution in [-0.4, -0.2) is 35.8 Å². The lowest BCUT2D eigenvalue weighted by molar-refractivity contribution is -0.141. The summed E-state index contributed by atoms with van der Waals surface area (Å²) in [5.41, 5.74) is 0.00199. The van der Waals surface area contributed by atoms with E-state index < -0.39 is 11.9 Å². The number of nitrogens with zero attached hydrogens (tertiary/aromatic N) is 2. The fraction of sp³-hybridized carbons (Fsp3) is 0.421. The van der Waals surface area contributed by atoms with Gasteiger partial charge in [0, 0.05) is 24.9 Å². The van der Waals surface area contributed by atoms with E-state index in [1.165, 1.54) is 30.2 Å². The number of halogens is 3. The molecule has 2 heterocycles. The lowest BCUT2D eigenvalue weighted by Crippen LogP contribution is -2.31. The quantitative estimate of drug-likeness (QED) is 0.546. The third-order valence-corrected chi connectivity index (χ3v) is 4.96. The van der Waals surface area contributed by atoms with E-state index in [1.54, 1.807) is 6.92 Å². The third-order valence-electron chi connectivity index (χ3n) is 3.97. The summed E-state index contributed by atoms with van der Waals surface area (Å²) >= 11 is 1.18. The highest BCUT2D eigenvalue weighted by molar-refractivity contribution is 7.16. The summed E-state index contributed by atoms with van der Waals surface area (Å²) < 4.78 is 43.0. The highest BCUT2D eigenvalue weighted by Crippen LogP contribution is 2.28. The Morgan fingerprint density at radius 2 is 2.14 bits per heavy atom. The fourth-order valence-corrected chi connectivity index (χ4v) is 3.06. The molecule has 3 rings (SSSR count). The average molecular weight is 424 g/mol. The first-order valence-electron chi connectivity index (χ1n) is 8.96. The molecule has 2 aromatic heterocycles. The van der Waals surface area contributed by atoms with Gasteiger partial charge in [-0.15, -0.1) is 0 Å². The molecule has 1 aliphatic carbocycles. The molecule has 1 aliphatic rings. The van der Waals surface area contributed by atoms with E-state index in [1.807, 2.05) is 0 Å². The van der Waals surface area contributed by atoms with Gasteiger partial charge in [0.05, 0.1) is 12.3 Å². The molecule has 2 amide bonds. The van der Waals surface area contributed by atoms with Crippen molar-refractivity contribution in [2.24, 2.45) is 5.92 Å². The lowest BCUT2D eigenvalue weighted by Gasteiger charge is -2.05. The Kier molecular flexibility index (Phi) is 6.71. The molecule has 0 aliphatic heterocycles. The van der Waals surface area contributed by atoms with Gasteiger partial charge in [-0.2, -0.15) is 13.2 Å². The molecule has 1 saturated carbocycles. The van der Waals surface area contributed by atoms with Gasteiger partial charge < -0.3 is 10.1 Å². The minimum absolute atomic E-state index is 0.351. The Labute approximate surface area is 169 Å². The monoisotopic (exact) mass is 424 g/mol. The van der Waals surface area contributed by atoms with Crippen LogP contribution in [0.4, 0.5) is 23.1 Å². The molecule has 1 fully saturated rings. The van der Waals surface area contributed by atoms with Gasteiger partial charge >= 0.3 is 12.2 Å². The number of hydrogen-bond donors (Lipinski definition) is 2. The van der Waals surface area contributed by atoms with Gasteiger partial charge in [-0.1, -0.05) is 17.3 Å². The summed E-state index contributed by atoms with van der Waals surface area (Å²) in [5.74, 6) is 6.29. The summed E-state index contributed by atoms with van der Waals surface area (Å²) in [5, 5.41) is 5.70. The largest absolute Gasteiger partial charge is 0.433 e. The number of amides is 2. The molecular formula is C19H19F3N4O2S. The highest BCUT2D eigenvalue weighted by Gasteiger charge is 2.31. The SMILES string of the molecule is Cc1nc(NC(=O)NCCOCC2CC2)sc1C#Cc1ccc(C(F)(F)F)nc1. The molecule has 0 unspecified atom stereocenters. The second kappa shape index (κ2) is 9.24. The second-order valence-corrected chi connectivity index (χ2v) is 7.51. The Balaban J connectivity index is 1.50. The number of alkyl halides is 3. The number of pyridine rings is 1. The normalized spacial score (nSPS) is 13.5. The number of carbonyl (C=O) groups excluding carboxylic acids is 1. The number of thiazole rings is 1. The van der Waals surface area contributed by atoms with Gasteiger partial charge in [0.2, 0.25) is 0 Å². The van der Waals surface area contributed by atoms with E-state index in [9.17, 15) is 18.0 Å². The summed E-state index contributed by atoms with van der Waals surface area (Å²) in [6, 6.07) is 1.76. The van der Waals surface area contributed by atoms with Gasteiger partial charge in [-0.05, 0) is 43.7 Å². The summed E-state index contributed by atoms with van der Waals surface area (Å²) in [6.45, 7) is 3.33. The van der Waals surface area contributed by atoms with Crippen molar-refractivity contribution in [3.63, 3.8) is 0 Å². The van der Waals surface area contributed by atoms with E-state index in [0.29, 0.717) is 40.3 Å². The van der Waals surface area contributed by atoms with E-state index in [2.05, 4.69) is 32.4 Å². The number of urea groups is 1. The summed E-state index contributed by atoms with van der Waals surface area (Å²) in [4.78, 5) is 20.1. The minimum Gasteiger partial charge on any atom is -0.379 e. The number of rotatable bonds is 6. The molecular weight excluding hydrogens is 405 g/mol. The molecule has 2 aromatic rings. The summed E-state index contributed by atoms with van der Waals surface area (Å²) in [7, 11) is 0. The number of aromatic nitrogens is 2. The molecule has 0 radical (unpaired) electrons. The van der Waals surface area contributed by atoms with Crippen LogP contribution >= 0.6 is 11.3 Å². The zero-order valence-corrected chi connectivity index (χ0v) is 16.4. The third kappa shape index (κ3) is 6.73. The highest BCUT2D eigenvalue weighted by atomic mass is 32.1. The topological polar surface area (TPSA) is 76.1 Å².